The zero-order valence-corrected chi connectivity index (χ0v) is 9.91. The number of rotatable bonds is 3. The number of aromatic nitrogens is 2. The van der Waals surface area contributed by atoms with Crippen LogP contribution in [0.4, 0.5) is 4.39 Å². The van der Waals surface area contributed by atoms with E-state index in [1.165, 1.54) is 24.5 Å². The molecule has 0 spiro atoms. The molecule has 0 saturated heterocycles. The van der Waals surface area contributed by atoms with Gasteiger partial charge in [0, 0.05) is 18.5 Å². The number of hydrogen-bond acceptors (Lipinski definition) is 3. The van der Waals surface area contributed by atoms with Crippen LogP contribution in [0.2, 0.25) is 5.02 Å². The largest absolute Gasteiger partial charge is 0.485 e. The summed E-state index contributed by atoms with van der Waals surface area (Å²) < 4.78 is 18.7. The average molecular weight is 253 g/mol. The Kier molecular flexibility index (Phi) is 3.54. The van der Waals surface area contributed by atoms with E-state index >= 15 is 0 Å². The van der Waals surface area contributed by atoms with Gasteiger partial charge in [0.15, 0.2) is 0 Å². The summed E-state index contributed by atoms with van der Waals surface area (Å²) in [5, 5.41) is 0.479. The zero-order valence-electron chi connectivity index (χ0n) is 9.15. The molecular formula is C12H10ClFN2O. The van der Waals surface area contributed by atoms with Gasteiger partial charge in [0.1, 0.15) is 23.9 Å². The van der Waals surface area contributed by atoms with E-state index in [1.807, 2.05) is 0 Å². The molecule has 0 unspecified atom stereocenters. The van der Waals surface area contributed by atoms with Crippen LogP contribution in [0, 0.1) is 12.7 Å². The highest BCUT2D eigenvalue weighted by Crippen LogP contribution is 2.21. The van der Waals surface area contributed by atoms with Crippen LogP contribution in [0.3, 0.4) is 0 Å². The standard InChI is InChI=1S/C12H10ClFN2O/c1-8-12(5-9(13)6-16-8)17-7-11-10(14)3-2-4-15-11/h2-6H,7H2,1H3. The Labute approximate surface area is 103 Å². The van der Waals surface area contributed by atoms with Crippen LogP contribution in [-0.4, -0.2) is 9.97 Å². The number of pyridine rings is 2. The van der Waals surface area contributed by atoms with Crippen LogP contribution in [0.15, 0.2) is 30.6 Å². The Morgan fingerprint density at radius 3 is 3.00 bits per heavy atom. The molecule has 0 aliphatic heterocycles. The highest BCUT2D eigenvalue weighted by molar-refractivity contribution is 6.30. The molecule has 0 aliphatic carbocycles. The van der Waals surface area contributed by atoms with Crippen LogP contribution in [0.1, 0.15) is 11.4 Å². The molecule has 3 nitrogen and oxygen atoms in total. The Morgan fingerprint density at radius 1 is 1.41 bits per heavy atom. The van der Waals surface area contributed by atoms with Gasteiger partial charge in [0.05, 0.1) is 10.7 Å². The second-order valence-electron chi connectivity index (χ2n) is 3.46. The maximum Gasteiger partial charge on any atom is 0.148 e. The second kappa shape index (κ2) is 5.10. The van der Waals surface area contributed by atoms with Gasteiger partial charge in [-0.1, -0.05) is 11.6 Å². The maximum atomic E-state index is 13.3. The third kappa shape index (κ3) is 2.91. The molecule has 0 aromatic carbocycles. The molecule has 88 valence electrons. The van der Waals surface area contributed by atoms with Gasteiger partial charge < -0.3 is 4.74 Å². The van der Waals surface area contributed by atoms with Crippen LogP contribution in [-0.2, 0) is 6.61 Å². The topological polar surface area (TPSA) is 35.0 Å². The van der Waals surface area contributed by atoms with Gasteiger partial charge in [0.2, 0.25) is 0 Å². The van der Waals surface area contributed by atoms with E-state index in [1.54, 1.807) is 13.0 Å². The van der Waals surface area contributed by atoms with Crippen molar-refractivity contribution in [3.05, 3.63) is 52.8 Å². The van der Waals surface area contributed by atoms with Crippen molar-refractivity contribution in [1.82, 2.24) is 9.97 Å². The summed E-state index contributed by atoms with van der Waals surface area (Å²) in [4.78, 5) is 7.93. The first kappa shape index (κ1) is 11.8. The van der Waals surface area contributed by atoms with Crippen molar-refractivity contribution >= 4 is 11.6 Å². The fraction of sp³-hybridized carbons (Fsp3) is 0.167. The van der Waals surface area contributed by atoms with Crippen molar-refractivity contribution in [2.24, 2.45) is 0 Å². The summed E-state index contributed by atoms with van der Waals surface area (Å²) in [6, 6.07) is 4.52. The molecule has 0 bridgehead atoms. The Hall–Kier alpha value is -1.68. The summed E-state index contributed by atoms with van der Waals surface area (Å²) >= 11 is 5.80. The third-order valence-electron chi connectivity index (χ3n) is 2.21. The summed E-state index contributed by atoms with van der Waals surface area (Å²) in [6.07, 6.45) is 3.05. The molecule has 2 heterocycles. The summed E-state index contributed by atoms with van der Waals surface area (Å²) in [7, 11) is 0. The van der Waals surface area contributed by atoms with E-state index in [9.17, 15) is 4.39 Å². The van der Waals surface area contributed by atoms with E-state index < -0.39 is 0 Å². The van der Waals surface area contributed by atoms with Gasteiger partial charge in [-0.05, 0) is 19.1 Å². The van der Waals surface area contributed by atoms with Gasteiger partial charge in [0.25, 0.3) is 0 Å². The minimum Gasteiger partial charge on any atom is -0.485 e. The van der Waals surface area contributed by atoms with E-state index in [0.29, 0.717) is 16.5 Å². The summed E-state index contributed by atoms with van der Waals surface area (Å²) in [6.45, 7) is 1.84. The molecule has 17 heavy (non-hydrogen) atoms. The minimum absolute atomic E-state index is 0.0511. The Morgan fingerprint density at radius 2 is 2.24 bits per heavy atom. The molecule has 5 heteroatoms. The van der Waals surface area contributed by atoms with Crippen molar-refractivity contribution in [2.45, 2.75) is 13.5 Å². The number of aryl methyl sites for hydroxylation is 1. The summed E-state index contributed by atoms with van der Waals surface area (Å²) in [5.41, 5.74) is 0.956. The van der Waals surface area contributed by atoms with Gasteiger partial charge in [-0.2, -0.15) is 0 Å². The van der Waals surface area contributed by atoms with Crippen molar-refractivity contribution in [3.63, 3.8) is 0 Å². The molecule has 2 aromatic heterocycles. The van der Waals surface area contributed by atoms with Crippen LogP contribution in [0.25, 0.3) is 0 Å². The first-order chi connectivity index (χ1) is 8.16. The fourth-order valence-corrected chi connectivity index (χ4v) is 1.45. The molecule has 2 aromatic rings. The van der Waals surface area contributed by atoms with Gasteiger partial charge in [-0.15, -0.1) is 0 Å². The van der Waals surface area contributed by atoms with Crippen LogP contribution >= 0.6 is 11.6 Å². The normalized spacial score (nSPS) is 10.3. The fourth-order valence-electron chi connectivity index (χ4n) is 1.31. The lowest BCUT2D eigenvalue weighted by Crippen LogP contribution is -2.02. The molecule has 0 radical (unpaired) electrons. The Bertz CT molecular complexity index is 534. The lowest BCUT2D eigenvalue weighted by atomic mass is 10.3. The van der Waals surface area contributed by atoms with Gasteiger partial charge in [-0.25, -0.2) is 4.39 Å². The number of halogens is 2. The molecule has 0 atom stereocenters. The maximum absolute atomic E-state index is 13.3. The highest BCUT2D eigenvalue weighted by atomic mass is 35.5. The van der Waals surface area contributed by atoms with Crippen molar-refractivity contribution in [1.29, 1.82) is 0 Å². The molecule has 2 rings (SSSR count). The average Bonchev–Trinajstić information content (AvgIpc) is 2.32. The first-order valence-corrected chi connectivity index (χ1v) is 5.39. The molecule has 0 saturated carbocycles. The number of ether oxygens (including phenoxy) is 1. The molecule has 0 N–H and O–H groups in total. The van der Waals surface area contributed by atoms with Gasteiger partial charge >= 0.3 is 0 Å². The molecule has 0 fully saturated rings. The quantitative estimate of drug-likeness (QED) is 0.842. The monoisotopic (exact) mass is 252 g/mol. The van der Waals surface area contributed by atoms with Crippen LogP contribution < -0.4 is 4.74 Å². The minimum atomic E-state index is -0.389. The molecular weight excluding hydrogens is 243 g/mol. The number of hydrogen-bond donors (Lipinski definition) is 0. The zero-order chi connectivity index (χ0) is 12.3. The smallest absolute Gasteiger partial charge is 0.148 e. The van der Waals surface area contributed by atoms with Gasteiger partial charge in [-0.3, -0.25) is 9.97 Å². The summed E-state index contributed by atoms with van der Waals surface area (Å²) in [5.74, 6) is 0.141. The molecule has 0 amide bonds. The van der Waals surface area contributed by atoms with E-state index in [2.05, 4.69) is 9.97 Å². The first-order valence-electron chi connectivity index (χ1n) is 5.01. The van der Waals surface area contributed by atoms with Crippen molar-refractivity contribution in [2.75, 3.05) is 0 Å². The third-order valence-corrected chi connectivity index (χ3v) is 2.41. The SMILES string of the molecule is Cc1ncc(Cl)cc1OCc1ncccc1F. The predicted molar refractivity (Wildman–Crippen MR) is 62.5 cm³/mol. The van der Waals surface area contributed by atoms with E-state index in [0.717, 1.165) is 0 Å². The second-order valence-corrected chi connectivity index (χ2v) is 3.89. The van der Waals surface area contributed by atoms with Crippen molar-refractivity contribution < 1.29 is 9.13 Å². The van der Waals surface area contributed by atoms with Crippen molar-refractivity contribution in [3.8, 4) is 5.75 Å². The van der Waals surface area contributed by atoms with E-state index in [4.69, 9.17) is 16.3 Å². The lowest BCUT2D eigenvalue weighted by Gasteiger charge is -2.08. The predicted octanol–water partition coefficient (Wildman–Crippen LogP) is 3.16. The lowest BCUT2D eigenvalue weighted by molar-refractivity contribution is 0.291. The van der Waals surface area contributed by atoms with E-state index in [-0.39, 0.29) is 18.1 Å². The Balaban J connectivity index is 2.12. The van der Waals surface area contributed by atoms with Crippen LogP contribution in [0.5, 0.6) is 5.75 Å². The highest BCUT2D eigenvalue weighted by Gasteiger charge is 2.06. The number of nitrogens with zero attached hydrogens (tertiary/aromatic N) is 2. The molecule has 0 aliphatic rings.